The summed E-state index contributed by atoms with van der Waals surface area (Å²) in [6, 6.07) is 15.9. The van der Waals surface area contributed by atoms with Gasteiger partial charge in [0.1, 0.15) is 24.6 Å². The summed E-state index contributed by atoms with van der Waals surface area (Å²) < 4.78 is 29.0. The normalized spacial score (nSPS) is 27.5. The number of ether oxygens (including phenoxy) is 5. The molecule has 0 N–H and O–H groups in total. The molecule has 0 aromatic heterocycles. The Hall–Kier alpha value is -2.87. The van der Waals surface area contributed by atoms with Crippen LogP contribution in [0, 0.1) is 11.8 Å². The van der Waals surface area contributed by atoms with E-state index in [-0.39, 0.29) is 36.9 Å². The highest BCUT2D eigenvalue weighted by Gasteiger charge is 2.51. The van der Waals surface area contributed by atoms with Crippen molar-refractivity contribution in [2.24, 2.45) is 11.8 Å². The Bertz CT molecular complexity index is 1050. The Labute approximate surface area is 202 Å². The summed E-state index contributed by atoms with van der Waals surface area (Å²) in [4.78, 5) is 24.6. The van der Waals surface area contributed by atoms with Crippen LogP contribution in [-0.2, 0) is 23.7 Å². The minimum atomic E-state index is -1.07. The largest absolute Gasteiger partial charge is 0.488 e. The maximum atomic E-state index is 12.7. The topological polar surface area (TPSA) is 80.3 Å². The molecule has 7 nitrogen and oxygen atoms in total. The van der Waals surface area contributed by atoms with Crippen molar-refractivity contribution in [3.8, 4) is 5.75 Å². The van der Waals surface area contributed by atoms with Crippen molar-refractivity contribution in [3.05, 3.63) is 77.3 Å². The molecule has 5 rings (SSSR count). The Balaban J connectivity index is 1.32. The quantitative estimate of drug-likeness (QED) is 0.430. The zero-order valence-corrected chi connectivity index (χ0v) is 19.2. The SMILES string of the molecule is O=C1C[C@@H]2[C@@H](/C=C/C3(COc4ccc(Cl)cc4)OCCO3)[C@H](OC(=O)c3ccccc3)C[C@@H]2O1. The molecule has 4 atom stereocenters. The van der Waals surface area contributed by atoms with Gasteiger partial charge < -0.3 is 23.7 Å². The van der Waals surface area contributed by atoms with Gasteiger partial charge >= 0.3 is 11.9 Å². The predicted molar refractivity (Wildman–Crippen MR) is 122 cm³/mol. The molecule has 1 aliphatic carbocycles. The minimum Gasteiger partial charge on any atom is -0.488 e. The molecule has 178 valence electrons. The molecular formula is C26H25ClO7. The van der Waals surface area contributed by atoms with E-state index in [0.717, 1.165) is 0 Å². The van der Waals surface area contributed by atoms with Gasteiger partial charge in [0.25, 0.3) is 0 Å². The fourth-order valence-corrected chi connectivity index (χ4v) is 4.87. The van der Waals surface area contributed by atoms with Crippen molar-refractivity contribution in [1.82, 2.24) is 0 Å². The van der Waals surface area contributed by atoms with Gasteiger partial charge in [-0.3, -0.25) is 4.79 Å². The lowest BCUT2D eigenvalue weighted by Crippen LogP contribution is -2.36. The van der Waals surface area contributed by atoms with Crippen LogP contribution in [0.2, 0.25) is 5.02 Å². The number of rotatable bonds is 7. The molecular weight excluding hydrogens is 460 g/mol. The third-order valence-electron chi connectivity index (χ3n) is 6.42. The van der Waals surface area contributed by atoms with Crippen molar-refractivity contribution in [1.29, 1.82) is 0 Å². The minimum absolute atomic E-state index is 0.0760. The summed E-state index contributed by atoms with van der Waals surface area (Å²) in [5.41, 5.74) is 0.481. The van der Waals surface area contributed by atoms with E-state index in [4.69, 9.17) is 35.3 Å². The lowest BCUT2D eigenvalue weighted by molar-refractivity contribution is -0.141. The first-order valence-corrected chi connectivity index (χ1v) is 11.7. The van der Waals surface area contributed by atoms with Crippen molar-refractivity contribution in [2.45, 2.75) is 30.8 Å². The molecule has 2 saturated heterocycles. The summed E-state index contributed by atoms with van der Waals surface area (Å²) in [7, 11) is 0. The van der Waals surface area contributed by atoms with Gasteiger partial charge in [-0.1, -0.05) is 35.9 Å². The van der Waals surface area contributed by atoms with Crippen LogP contribution in [0.4, 0.5) is 0 Å². The Morgan fingerprint density at radius 2 is 1.82 bits per heavy atom. The van der Waals surface area contributed by atoms with Crippen LogP contribution in [0.5, 0.6) is 5.75 Å². The standard InChI is InChI=1S/C26H25ClO7/c27-18-6-8-19(9-7-18)30-16-26(31-12-13-32-26)11-10-20-21-14-24(28)33-23(21)15-22(20)34-25(29)17-4-2-1-3-5-17/h1-11,20-23H,12-16H2/b11-10+/t20-,21-,22-,23+/m1/s1. The zero-order chi connectivity index (χ0) is 23.5. The maximum absolute atomic E-state index is 12.7. The lowest BCUT2D eigenvalue weighted by atomic mass is 9.91. The Morgan fingerprint density at radius 3 is 2.56 bits per heavy atom. The van der Waals surface area contributed by atoms with E-state index in [2.05, 4.69) is 0 Å². The monoisotopic (exact) mass is 484 g/mol. The molecule has 2 aromatic carbocycles. The molecule has 0 spiro atoms. The number of fused-ring (bicyclic) bond motifs is 1. The average Bonchev–Trinajstić information content (AvgIpc) is 3.53. The fraction of sp³-hybridized carbons (Fsp3) is 0.385. The second-order valence-electron chi connectivity index (χ2n) is 8.63. The zero-order valence-electron chi connectivity index (χ0n) is 18.4. The third kappa shape index (κ3) is 4.97. The van der Waals surface area contributed by atoms with Crippen LogP contribution < -0.4 is 4.74 Å². The van der Waals surface area contributed by atoms with Crippen LogP contribution in [0.1, 0.15) is 23.2 Å². The highest BCUT2D eigenvalue weighted by molar-refractivity contribution is 6.30. The van der Waals surface area contributed by atoms with Gasteiger partial charge in [-0.25, -0.2) is 4.79 Å². The van der Waals surface area contributed by atoms with Gasteiger partial charge in [0.2, 0.25) is 5.79 Å². The summed E-state index contributed by atoms with van der Waals surface area (Å²) in [6.45, 7) is 0.994. The first-order chi connectivity index (χ1) is 16.5. The van der Waals surface area contributed by atoms with Crippen LogP contribution in [0.15, 0.2) is 66.7 Å². The van der Waals surface area contributed by atoms with Gasteiger partial charge in [0, 0.05) is 23.3 Å². The number of esters is 2. The number of hydrogen-bond acceptors (Lipinski definition) is 7. The molecule has 0 amide bonds. The molecule has 34 heavy (non-hydrogen) atoms. The second kappa shape index (κ2) is 9.78. The summed E-state index contributed by atoms with van der Waals surface area (Å²) >= 11 is 5.95. The predicted octanol–water partition coefficient (Wildman–Crippen LogP) is 4.20. The highest BCUT2D eigenvalue weighted by atomic mass is 35.5. The molecule has 2 heterocycles. The number of carbonyl (C=O) groups excluding carboxylic acids is 2. The van der Waals surface area contributed by atoms with E-state index in [9.17, 15) is 9.59 Å². The molecule has 8 heteroatoms. The number of halogens is 1. The van der Waals surface area contributed by atoms with Crippen LogP contribution >= 0.6 is 11.6 Å². The second-order valence-corrected chi connectivity index (χ2v) is 9.07. The Kier molecular flexibility index (Phi) is 6.59. The van der Waals surface area contributed by atoms with Gasteiger partial charge in [0.05, 0.1) is 25.2 Å². The molecule has 3 fully saturated rings. The molecule has 2 aliphatic heterocycles. The first-order valence-electron chi connectivity index (χ1n) is 11.3. The Morgan fingerprint density at radius 1 is 1.09 bits per heavy atom. The van der Waals surface area contributed by atoms with Crippen molar-refractivity contribution < 1.29 is 33.3 Å². The number of carbonyl (C=O) groups is 2. The number of hydrogen-bond donors (Lipinski definition) is 0. The van der Waals surface area contributed by atoms with Gasteiger partial charge in [0.15, 0.2) is 0 Å². The van der Waals surface area contributed by atoms with Crippen LogP contribution in [0.3, 0.4) is 0 Å². The number of benzene rings is 2. The van der Waals surface area contributed by atoms with Gasteiger partial charge in [-0.05, 0) is 42.5 Å². The summed E-state index contributed by atoms with van der Waals surface area (Å²) in [5.74, 6) is -1.35. The molecule has 2 aromatic rings. The van der Waals surface area contributed by atoms with Crippen molar-refractivity contribution in [3.63, 3.8) is 0 Å². The van der Waals surface area contributed by atoms with E-state index < -0.39 is 17.9 Å². The molecule has 0 unspecified atom stereocenters. The van der Waals surface area contributed by atoms with Gasteiger partial charge in [-0.2, -0.15) is 0 Å². The fourth-order valence-electron chi connectivity index (χ4n) is 4.74. The van der Waals surface area contributed by atoms with Gasteiger partial charge in [-0.15, -0.1) is 0 Å². The van der Waals surface area contributed by atoms with Crippen molar-refractivity contribution in [2.75, 3.05) is 19.8 Å². The van der Waals surface area contributed by atoms with E-state index in [1.54, 1.807) is 48.5 Å². The summed E-state index contributed by atoms with van der Waals surface area (Å²) in [6.07, 6.45) is 3.78. The van der Waals surface area contributed by atoms with E-state index in [0.29, 0.717) is 36.0 Å². The van der Waals surface area contributed by atoms with E-state index >= 15 is 0 Å². The third-order valence-corrected chi connectivity index (χ3v) is 6.67. The van der Waals surface area contributed by atoms with Crippen LogP contribution in [-0.4, -0.2) is 49.8 Å². The van der Waals surface area contributed by atoms with E-state index in [1.165, 1.54) is 0 Å². The first kappa shape index (κ1) is 22.9. The molecule has 1 saturated carbocycles. The summed E-state index contributed by atoms with van der Waals surface area (Å²) in [5, 5.41) is 0.621. The molecule has 3 aliphatic rings. The highest BCUT2D eigenvalue weighted by Crippen LogP contribution is 2.44. The average molecular weight is 485 g/mol. The molecule has 0 bridgehead atoms. The van der Waals surface area contributed by atoms with Crippen LogP contribution in [0.25, 0.3) is 0 Å². The smallest absolute Gasteiger partial charge is 0.338 e. The molecule has 0 radical (unpaired) electrons. The maximum Gasteiger partial charge on any atom is 0.338 e. The lowest BCUT2D eigenvalue weighted by Gasteiger charge is -2.26. The van der Waals surface area contributed by atoms with E-state index in [1.807, 2.05) is 18.2 Å². The van der Waals surface area contributed by atoms with Crippen molar-refractivity contribution >= 4 is 23.5 Å².